The molecule has 9 nitrogen and oxygen atoms in total. The molecule has 1 aliphatic carbocycles. The number of hydrogen-bond donors (Lipinski definition) is 3. The van der Waals surface area contributed by atoms with Crippen molar-refractivity contribution in [2.24, 2.45) is 11.7 Å². The Morgan fingerprint density at radius 2 is 2.10 bits per heavy atom. The Kier molecular flexibility index (Phi) is 5.44. The van der Waals surface area contributed by atoms with Crippen LogP contribution in [0, 0.1) is 11.7 Å². The molecule has 158 valence electrons. The Bertz CT molecular complexity index is 1180. The highest BCUT2D eigenvalue weighted by Crippen LogP contribution is 2.31. The molecule has 1 aliphatic rings. The van der Waals surface area contributed by atoms with Crippen LogP contribution in [0.3, 0.4) is 0 Å². The molecule has 0 saturated heterocycles. The minimum Gasteiger partial charge on any atom is -0.397 e. The van der Waals surface area contributed by atoms with Crippen LogP contribution in [0.5, 0.6) is 0 Å². The van der Waals surface area contributed by atoms with Gasteiger partial charge in [0.15, 0.2) is 11.6 Å². The van der Waals surface area contributed by atoms with Gasteiger partial charge in [-0.1, -0.05) is 18.2 Å². The number of allylic oxidation sites excluding steroid dienone is 1. The molecule has 0 aliphatic heterocycles. The minimum absolute atomic E-state index is 0.0169. The summed E-state index contributed by atoms with van der Waals surface area (Å²) in [7, 11) is 0. The molecule has 3 aromatic rings. The van der Waals surface area contributed by atoms with Gasteiger partial charge < -0.3 is 16.8 Å². The van der Waals surface area contributed by atoms with E-state index in [9.17, 15) is 14.0 Å². The minimum atomic E-state index is -0.389. The van der Waals surface area contributed by atoms with Crippen LogP contribution in [0.2, 0.25) is 0 Å². The van der Waals surface area contributed by atoms with E-state index in [4.69, 9.17) is 11.5 Å². The van der Waals surface area contributed by atoms with Crippen LogP contribution in [-0.2, 0) is 16.1 Å². The second-order valence-electron chi connectivity index (χ2n) is 7.18. The zero-order valence-corrected chi connectivity index (χ0v) is 16.5. The van der Waals surface area contributed by atoms with Crippen molar-refractivity contribution < 1.29 is 14.0 Å². The topological polar surface area (TPSA) is 142 Å². The van der Waals surface area contributed by atoms with Crippen LogP contribution < -0.4 is 16.8 Å². The second-order valence-corrected chi connectivity index (χ2v) is 7.18. The highest BCUT2D eigenvalue weighted by Gasteiger charge is 2.30. The zero-order chi connectivity index (χ0) is 22.0. The van der Waals surface area contributed by atoms with Crippen molar-refractivity contribution in [3.63, 3.8) is 0 Å². The lowest BCUT2D eigenvalue weighted by atomic mass is 10.2. The van der Waals surface area contributed by atoms with E-state index in [2.05, 4.69) is 20.4 Å². The van der Waals surface area contributed by atoms with Gasteiger partial charge in [0.2, 0.25) is 5.91 Å². The van der Waals surface area contributed by atoms with Gasteiger partial charge in [-0.05, 0) is 25.0 Å². The quantitative estimate of drug-likeness (QED) is 0.391. The molecule has 10 heteroatoms. The Hall–Kier alpha value is -4.08. The summed E-state index contributed by atoms with van der Waals surface area (Å²) in [4.78, 5) is 31.3. The monoisotopic (exact) mass is 421 g/mol. The Labute approximate surface area is 177 Å². The predicted molar refractivity (Wildman–Crippen MR) is 113 cm³/mol. The number of benzene rings is 1. The number of nitrogens with two attached hydrogens (primary N) is 2. The van der Waals surface area contributed by atoms with Gasteiger partial charge in [-0.25, -0.2) is 14.4 Å². The average Bonchev–Trinajstić information content (AvgIpc) is 3.52. The maximum absolute atomic E-state index is 14.1. The molecule has 1 amide bonds. The number of nitrogen functional groups attached to an aromatic ring is 1. The molecule has 31 heavy (non-hydrogen) atoms. The number of halogens is 1. The number of aldehydes is 1. The van der Waals surface area contributed by atoms with E-state index in [0.717, 1.165) is 12.8 Å². The van der Waals surface area contributed by atoms with Crippen molar-refractivity contribution in [3.8, 4) is 11.5 Å². The number of carbonyl (C=O) groups excluding carboxylic acids is 2. The summed E-state index contributed by atoms with van der Waals surface area (Å²) in [6.45, 7) is 0.0837. The molecule has 1 fully saturated rings. The average molecular weight is 421 g/mol. The van der Waals surface area contributed by atoms with Crippen LogP contribution in [-0.4, -0.2) is 31.9 Å². The van der Waals surface area contributed by atoms with Crippen LogP contribution in [0.15, 0.2) is 42.6 Å². The summed E-state index contributed by atoms with van der Waals surface area (Å²) in [5.41, 5.74) is 13.6. The van der Waals surface area contributed by atoms with Crippen LogP contribution in [0.25, 0.3) is 17.2 Å². The maximum Gasteiger partial charge on any atom is 0.227 e. The Morgan fingerprint density at radius 1 is 1.32 bits per heavy atom. The first-order chi connectivity index (χ1) is 15.0. The third kappa shape index (κ3) is 4.42. The van der Waals surface area contributed by atoms with E-state index in [1.54, 1.807) is 24.3 Å². The molecular formula is C21H20FN7O2. The fourth-order valence-electron chi connectivity index (χ4n) is 3.02. The van der Waals surface area contributed by atoms with Gasteiger partial charge in [0.25, 0.3) is 0 Å². The van der Waals surface area contributed by atoms with Gasteiger partial charge in [-0.3, -0.25) is 14.3 Å². The Morgan fingerprint density at radius 3 is 2.77 bits per heavy atom. The van der Waals surface area contributed by atoms with Crippen LogP contribution in [0.1, 0.15) is 24.1 Å². The highest BCUT2D eigenvalue weighted by molar-refractivity contribution is 5.96. The standard InChI is InChI=1S/C21H20FN7O2/c22-14-4-2-1-3-13(14)11-29-18(15(23)7-8-30)9-16(28-29)20-25-10-17(19(24)27-20)26-21(31)12-5-6-12/h1-4,7-10,12H,5-6,11,23H2,(H,26,31)(H2,24,25,27). The lowest BCUT2D eigenvalue weighted by Crippen LogP contribution is -2.15. The summed E-state index contributed by atoms with van der Waals surface area (Å²) >= 11 is 0. The van der Waals surface area contributed by atoms with E-state index >= 15 is 0 Å². The molecule has 0 radical (unpaired) electrons. The number of carbonyl (C=O) groups is 2. The predicted octanol–water partition coefficient (Wildman–Crippen LogP) is 1.96. The summed E-state index contributed by atoms with van der Waals surface area (Å²) in [5, 5.41) is 7.15. The molecule has 0 spiro atoms. The van der Waals surface area contributed by atoms with Crippen molar-refractivity contribution in [1.82, 2.24) is 19.7 Å². The molecular weight excluding hydrogens is 401 g/mol. The maximum atomic E-state index is 14.1. The fraction of sp³-hybridized carbons (Fsp3) is 0.190. The number of hydrogen-bond acceptors (Lipinski definition) is 7. The van der Waals surface area contributed by atoms with Gasteiger partial charge in [0.05, 0.1) is 24.1 Å². The van der Waals surface area contributed by atoms with Crippen molar-refractivity contribution in [1.29, 1.82) is 0 Å². The molecule has 1 saturated carbocycles. The first kappa shape index (κ1) is 20.2. The molecule has 0 atom stereocenters. The van der Waals surface area contributed by atoms with E-state index in [1.165, 1.54) is 23.0 Å². The summed E-state index contributed by atoms with van der Waals surface area (Å²) < 4.78 is 15.6. The smallest absolute Gasteiger partial charge is 0.227 e. The lowest BCUT2D eigenvalue weighted by molar-refractivity contribution is -0.117. The SMILES string of the molecule is NC(=CC=O)c1cc(-c2ncc(NC(=O)C3CC3)c(N)n2)nn1Cc1ccccc1F. The number of amides is 1. The zero-order valence-electron chi connectivity index (χ0n) is 16.5. The molecule has 4 rings (SSSR count). The first-order valence-corrected chi connectivity index (χ1v) is 9.62. The van der Waals surface area contributed by atoms with E-state index < -0.39 is 0 Å². The van der Waals surface area contributed by atoms with Gasteiger partial charge in [0.1, 0.15) is 23.5 Å². The van der Waals surface area contributed by atoms with Crippen LogP contribution >= 0.6 is 0 Å². The number of anilines is 2. The third-order valence-corrected chi connectivity index (χ3v) is 4.85. The molecule has 1 aromatic carbocycles. The molecule has 5 N–H and O–H groups in total. The molecule has 2 heterocycles. The molecule has 0 bridgehead atoms. The summed E-state index contributed by atoms with van der Waals surface area (Å²) in [6, 6.07) is 7.88. The van der Waals surface area contributed by atoms with Crippen molar-refractivity contribution >= 4 is 29.4 Å². The number of nitrogens with one attached hydrogen (secondary N) is 1. The third-order valence-electron chi connectivity index (χ3n) is 4.85. The van der Waals surface area contributed by atoms with Crippen molar-refractivity contribution in [2.75, 3.05) is 11.1 Å². The lowest BCUT2D eigenvalue weighted by Gasteiger charge is -2.08. The fourth-order valence-corrected chi connectivity index (χ4v) is 3.02. The number of nitrogens with zero attached hydrogens (tertiary/aromatic N) is 4. The van der Waals surface area contributed by atoms with Gasteiger partial charge in [-0.15, -0.1) is 0 Å². The highest BCUT2D eigenvalue weighted by atomic mass is 19.1. The van der Waals surface area contributed by atoms with Gasteiger partial charge in [0, 0.05) is 17.6 Å². The second kappa shape index (κ2) is 8.34. The number of aromatic nitrogens is 4. The van der Waals surface area contributed by atoms with E-state index in [0.29, 0.717) is 28.9 Å². The van der Waals surface area contributed by atoms with Crippen molar-refractivity contribution in [3.05, 3.63) is 59.7 Å². The Balaban J connectivity index is 1.67. The van der Waals surface area contributed by atoms with E-state index in [-0.39, 0.29) is 41.5 Å². The van der Waals surface area contributed by atoms with Gasteiger partial charge in [-0.2, -0.15) is 5.10 Å². The largest absolute Gasteiger partial charge is 0.397 e. The molecule has 0 unspecified atom stereocenters. The van der Waals surface area contributed by atoms with Crippen LogP contribution in [0.4, 0.5) is 15.9 Å². The summed E-state index contributed by atoms with van der Waals surface area (Å²) in [5.74, 6) is -0.177. The normalized spacial score (nSPS) is 13.8. The van der Waals surface area contributed by atoms with Crippen molar-refractivity contribution in [2.45, 2.75) is 19.4 Å². The number of rotatable bonds is 7. The van der Waals surface area contributed by atoms with E-state index in [1.807, 2.05) is 0 Å². The first-order valence-electron chi connectivity index (χ1n) is 9.62. The molecule has 2 aromatic heterocycles. The van der Waals surface area contributed by atoms with Gasteiger partial charge >= 0.3 is 0 Å². The summed E-state index contributed by atoms with van der Waals surface area (Å²) in [6.07, 6.45) is 4.88.